The monoisotopic (exact) mass is 368 g/mol. The Bertz CT molecular complexity index is 981. The molecule has 0 aliphatic heterocycles. The average molecular weight is 368 g/mol. The van der Waals surface area contributed by atoms with Crippen LogP contribution in [0.15, 0.2) is 48.8 Å². The molecular weight excluding hydrogens is 351 g/mol. The summed E-state index contributed by atoms with van der Waals surface area (Å²) in [6.07, 6.45) is 2.96. The maximum absolute atomic E-state index is 13.9. The Kier molecular flexibility index (Phi) is 5.25. The highest BCUT2D eigenvalue weighted by atomic mass is 19.1. The van der Waals surface area contributed by atoms with E-state index in [1.165, 1.54) is 31.5 Å². The van der Waals surface area contributed by atoms with Crippen LogP contribution in [0, 0.1) is 5.82 Å². The van der Waals surface area contributed by atoms with Crippen LogP contribution in [0.3, 0.4) is 0 Å². The summed E-state index contributed by atoms with van der Waals surface area (Å²) in [5.41, 5.74) is 1.72. The molecule has 0 radical (unpaired) electrons. The van der Waals surface area contributed by atoms with Crippen LogP contribution in [-0.4, -0.2) is 33.1 Å². The van der Waals surface area contributed by atoms with Crippen molar-refractivity contribution in [3.63, 3.8) is 0 Å². The van der Waals surface area contributed by atoms with E-state index in [9.17, 15) is 9.18 Å². The zero-order valence-corrected chi connectivity index (χ0v) is 14.7. The first-order chi connectivity index (χ1) is 13.0. The van der Waals surface area contributed by atoms with Gasteiger partial charge in [-0.05, 0) is 42.8 Å². The second kappa shape index (κ2) is 7.77. The molecule has 7 nitrogen and oxygen atoms in total. The second-order valence-corrected chi connectivity index (χ2v) is 5.76. The Hall–Kier alpha value is -3.55. The third-order valence-corrected chi connectivity index (χ3v) is 3.95. The van der Waals surface area contributed by atoms with E-state index in [1.807, 2.05) is 6.92 Å². The maximum atomic E-state index is 13.9. The van der Waals surface area contributed by atoms with Gasteiger partial charge in [-0.2, -0.15) is 0 Å². The van der Waals surface area contributed by atoms with Crippen molar-refractivity contribution >= 4 is 11.9 Å². The molecule has 27 heavy (non-hydrogen) atoms. The van der Waals surface area contributed by atoms with Gasteiger partial charge in [-0.15, -0.1) is 0 Å². The summed E-state index contributed by atoms with van der Waals surface area (Å²) in [7, 11) is 1.41. The van der Waals surface area contributed by atoms with E-state index in [4.69, 9.17) is 9.84 Å². The van der Waals surface area contributed by atoms with Gasteiger partial charge in [0.05, 0.1) is 30.1 Å². The number of hydrogen-bond donors (Lipinski definition) is 2. The summed E-state index contributed by atoms with van der Waals surface area (Å²) in [5.74, 6) is -0.999. The zero-order valence-electron chi connectivity index (χ0n) is 14.7. The van der Waals surface area contributed by atoms with Crippen LogP contribution in [0.2, 0.25) is 0 Å². The van der Waals surface area contributed by atoms with Crippen LogP contribution in [0.1, 0.15) is 28.9 Å². The summed E-state index contributed by atoms with van der Waals surface area (Å²) in [6, 6.07) is 8.92. The van der Waals surface area contributed by atoms with Crippen LogP contribution in [0.5, 0.6) is 5.75 Å². The molecule has 1 aromatic carbocycles. The normalized spacial score (nSPS) is 11.7. The van der Waals surface area contributed by atoms with Gasteiger partial charge in [-0.25, -0.2) is 19.2 Å². The fourth-order valence-corrected chi connectivity index (χ4v) is 2.50. The van der Waals surface area contributed by atoms with Crippen molar-refractivity contribution < 1.29 is 19.0 Å². The number of methoxy groups -OCH3 is 1. The Morgan fingerprint density at radius 3 is 2.63 bits per heavy atom. The molecule has 0 aliphatic rings. The number of pyridine rings is 1. The molecule has 0 unspecified atom stereocenters. The molecule has 0 saturated carbocycles. The number of nitrogens with one attached hydrogen (secondary N) is 1. The van der Waals surface area contributed by atoms with Crippen molar-refractivity contribution in [2.45, 2.75) is 13.0 Å². The highest BCUT2D eigenvalue weighted by molar-refractivity contribution is 5.88. The summed E-state index contributed by atoms with van der Waals surface area (Å²) >= 11 is 0. The minimum atomic E-state index is -1.04. The van der Waals surface area contributed by atoms with E-state index >= 15 is 0 Å². The van der Waals surface area contributed by atoms with E-state index in [2.05, 4.69) is 20.3 Å². The minimum Gasteiger partial charge on any atom is -0.494 e. The van der Waals surface area contributed by atoms with Crippen LogP contribution in [0.4, 0.5) is 10.3 Å². The number of ether oxygens (including phenoxy) is 1. The van der Waals surface area contributed by atoms with Crippen molar-refractivity contribution in [1.29, 1.82) is 0 Å². The summed E-state index contributed by atoms with van der Waals surface area (Å²) < 4.78 is 18.8. The number of anilines is 1. The van der Waals surface area contributed by atoms with E-state index < -0.39 is 11.8 Å². The number of carboxylic acid groups (broad SMARTS) is 1. The second-order valence-electron chi connectivity index (χ2n) is 5.76. The first-order valence-corrected chi connectivity index (χ1v) is 8.10. The Labute approximate surface area is 154 Å². The molecule has 2 N–H and O–H groups in total. The quantitative estimate of drug-likeness (QED) is 0.686. The number of aromatic carboxylic acids is 1. The molecule has 138 valence electrons. The van der Waals surface area contributed by atoms with Crippen molar-refractivity contribution in [1.82, 2.24) is 15.0 Å². The van der Waals surface area contributed by atoms with Gasteiger partial charge < -0.3 is 15.2 Å². The lowest BCUT2D eigenvalue weighted by molar-refractivity contribution is 0.0697. The molecule has 0 amide bonds. The molecule has 3 aromatic rings. The van der Waals surface area contributed by atoms with Crippen LogP contribution in [-0.2, 0) is 0 Å². The van der Waals surface area contributed by atoms with Crippen LogP contribution >= 0.6 is 0 Å². The Balaban J connectivity index is 1.82. The van der Waals surface area contributed by atoms with Gasteiger partial charge in [0.2, 0.25) is 5.95 Å². The first kappa shape index (κ1) is 18.2. The van der Waals surface area contributed by atoms with E-state index in [0.29, 0.717) is 22.9 Å². The Morgan fingerprint density at radius 1 is 1.15 bits per heavy atom. The standard InChI is InChI=1S/C19H17FN4O3/c1-11(12-3-4-17(27-2)14(20)9-12)23-19-22-8-6-15(24-19)16-10-13(18(25)26)5-7-21-16/h3-11H,1-2H3,(H,25,26)(H,22,23,24)/t11-/m0/s1. The van der Waals surface area contributed by atoms with Gasteiger partial charge >= 0.3 is 5.97 Å². The molecule has 3 rings (SSSR count). The minimum absolute atomic E-state index is 0.121. The van der Waals surface area contributed by atoms with Gasteiger partial charge in [0.25, 0.3) is 0 Å². The zero-order chi connectivity index (χ0) is 19.4. The van der Waals surface area contributed by atoms with Gasteiger partial charge in [-0.1, -0.05) is 6.07 Å². The third-order valence-electron chi connectivity index (χ3n) is 3.95. The lowest BCUT2D eigenvalue weighted by atomic mass is 10.1. The number of hydrogen-bond acceptors (Lipinski definition) is 6. The number of rotatable bonds is 6. The fraction of sp³-hybridized carbons (Fsp3) is 0.158. The largest absolute Gasteiger partial charge is 0.494 e. The Morgan fingerprint density at radius 2 is 1.93 bits per heavy atom. The molecule has 0 saturated heterocycles. The SMILES string of the molecule is COc1ccc([C@H](C)Nc2nccc(-c3cc(C(=O)O)ccn3)n2)cc1F. The van der Waals surface area contributed by atoms with Crippen molar-refractivity contribution in [2.24, 2.45) is 0 Å². The molecule has 0 aliphatic carbocycles. The number of nitrogens with zero attached hydrogens (tertiary/aromatic N) is 3. The maximum Gasteiger partial charge on any atom is 0.335 e. The van der Waals surface area contributed by atoms with Crippen LogP contribution in [0.25, 0.3) is 11.4 Å². The highest BCUT2D eigenvalue weighted by Gasteiger charge is 2.12. The van der Waals surface area contributed by atoms with Gasteiger partial charge in [0.15, 0.2) is 11.6 Å². The summed E-state index contributed by atoms with van der Waals surface area (Å²) in [4.78, 5) is 23.8. The van der Waals surface area contributed by atoms with Gasteiger partial charge in [0, 0.05) is 12.4 Å². The molecule has 2 aromatic heterocycles. The average Bonchev–Trinajstić information content (AvgIpc) is 2.68. The summed E-state index contributed by atoms with van der Waals surface area (Å²) in [6.45, 7) is 1.85. The lowest BCUT2D eigenvalue weighted by Crippen LogP contribution is -2.10. The number of carboxylic acids is 1. The molecule has 0 bridgehead atoms. The lowest BCUT2D eigenvalue weighted by Gasteiger charge is -2.15. The smallest absolute Gasteiger partial charge is 0.335 e. The van der Waals surface area contributed by atoms with E-state index in [-0.39, 0.29) is 17.4 Å². The third kappa shape index (κ3) is 4.17. The number of carbonyl (C=O) groups is 1. The molecule has 8 heteroatoms. The molecular formula is C19H17FN4O3. The van der Waals surface area contributed by atoms with Gasteiger partial charge in [-0.3, -0.25) is 4.98 Å². The molecule has 2 heterocycles. The number of aromatic nitrogens is 3. The van der Waals surface area contributed by atoms with Crippen molar-refractivity contribution in [3.05, 3.63) is 65.7 Å². The van der Waals surface area contributed by atoms with Gasteiger partial charge in [0.1, 0.15) is 0 Å². The topological polar surface area (TPSA) is 97.2 Å². The van der Waals surface area contributed by atoms with E-state index in [1.54, 1.807) is 24.4 Å². The number of halogens is 1. The predicted octanol–water partition coefficient (Wildman–Crippen LogP) is 3.56. The predicted molar refractivity (Wildman–Crippen MR) is 97.2 cm³/mol. The molecule has 1 atom stereocenters. The molecule has 0 fully saturated rings. The van der Waals surface area contributed by atoms with Crippen LogP contribution < -0.4 is 10.1 Å². The van der Waals surface area contributed by atoms with E-state index in [0.717, 1.165) is 0 Å². The van der Waals surface area contributed by atoms with Crippen molar-refractivity contribution in [3.8, 4) is 17.1 Å². The number of benzene rings is 1. The first-order valence-electron chi connectivity index (χ1n) is 8.10. The van der Waals surface area contributed by atoms with Crippen molar-refractivity contribution in [2.75, 3.05) is 12.4 Å². The fourth-order valence-electron chi connectivity index (χ4n) is 2.50. The molecule has 0 spiro atoms. The summed E-state index contributed by atoms with van der Waals surface area (Å²) in [5, 5.41) is 12.2. The highest BCUT2D eigenvalue weighted by Crippen LogP contribution is 2.24.